The van der Waals surface area contributed by atoms with E-state index in [-0.39, 0.29) is 17.4 Å². The Morgan fingerprint density at radius 1 is 1.03 bits per heavy atom. The Kier molecular flexibility index (Phi) is 5.61. The quantitative estimate of drug-likeness (QED) is 0.755. The molecule has 1 fully saturated rings. The molecule has 2 heterocycles. The van der Waals surface area contributed by atoms with Crippen molar-refractivity contribution >= 4 is 15.9 Å². The summed E-state index contributed by atoms with van der Waals surface area (Å²) in [7, 11) is -3.45. The van der Waals surface area contributed by atoms with Gasteiger partial charge in [-0.2, -0.15) is 4.31 Å². The van der Waals surface area contributed by atoms with Crippen molar-refractivity contribution in [3.63, 3.8) is 0 Å². The number of hydrogen-bond donors (Lipinski definition) is 0. The van der Waals surface area contributed by atoms with Gasteiger partial charge < -0.3 is 9.64 Å². The van der Waals surface area contributed by atoms with Crippen molar-refractivity contribution in [2.75, 3.05) is 26.2 Å². The molecule has 0 unspecified atom stereocenters. The van der Waals surface area contributed by atoms with Crippen molar-refractivity contribution in [2.45, 2.75) is 37.6 Å². The Balaban J connectivity index is 1.39. The highest BCUT2D eigenvalue weighted by Crippen LogP contribution is 2.26. The summed E-state index contributed by atoms with van der Waals surface area (Å²) in [4.78, 5) is 14.7. The zero-order valence-electron chi connectivity index (χ0n) is 16.6. The lowest BCUT2D eigenvalue weighted by molar-refractivity contribution is -0.134. The van der Waals surface area contributed by atoms with Crippen molar-refractivity contribution in [2.24, 2.45) is 0 Å². The molecule has 0 radical (unpaired) electrons. The van der Waals surface area contributed by atoms with Gasteiger partial charge in [0, 0.05) is 26.2 Å². The van der Waals surface area contributed by atoms with Crippen LogP contribution in [0.1, 0.15) is 29.5 Å². The second-order valence-electron chi connectivity index (χ2n) is 7.66. The van der Waals surface area contributed by atoms with Crippen LogP contribution in [-0.4, -0.2) is 49.8 Å². The number of aryl methyl sites for hydroxylation is 1. The molecule has 2 aliphatic heterocycles. The minimum atomic E-state index is -3.45. The minimum Gasteiger partial charge on any atom is -0.483 e. The Morgan fingerprint density at radius 3 is 2.48 bits per heavy atom. The van der Waals surface area contributed by atoms with Gasteiger partial charge in [0.25, 0.3) is 5.91 Å². The van der Waals surface area contributed by atoms with Gasteiger partial charge in [0.1, 0.15) is 5.75 Å². The first-order valence-electron chi connectivity index (χ1n) is 10.0. The van der Waals surface area contributed by atoms with Crippen LogP contribution in [0.5, 0.6) is 5.75 Å². The molecule has 0 saturated carbocycles. The molecule has 0 aliphatic carbocycles. The van der Waals surface area contributed by atoms with E-state index < -0.39 is 10.0 Å². The number of amides is 1. The highest BCUT2D eigenvalue weighted by Gasteiger charge is 2.27. The number of ether oxygens (including phenoxy) is 1. The van der Waals surface area contributed by atoms with Crippen LogP contribution in [0.2, 0.25) is 0 Å². The van der Waals surface area contributed by atoms with Crippen molar-refractivity contribution in [1.82, 2.24) is 9.21 Å². The van der Waals surface area contributed by atoms with Gasteiger partial charge in [-0.1, -0.05) is 24.3 Å². The van der Waals surface area contributed by atoms with Gasteiger partial charge in [-0.15, -0.1) is 0 Å². The molecule has 4 rings (SSSR count). The van der Waals surface area contributed by atoms with Crippen molar-refractivity contribution in [3.8, 4) is 5.75 Å². The zero-order chi connectivity index (χ0) is 20.4. The SMILES string of the molecule is Cc1cc(S(=O)(=O)N2CCCC2)ccc1OCC(=O)N1CCc2ccccc2C1. The summed E-state index contributed by atoms with van der Waals surface area (Å²) < 4.78 is 32.7. The fraction of sp³-hybridized carbons (Fsp3) is 0.409. The molecule has 2 aromatic rings. The predicted molar refractivity (Wildman–Crippen MR) is 110 cm³/mol. The van der Waals surface area contributed by atoms with E-state index in [1.165, 1.54) is 15.4 Å². The molecule has 0 atom stereocenters. The van der Waals surface area contributed by atoms with E-state index >= 15 is 0 Å². The number of sulfonamides is 1. The highest BCUT2D eigenvalue weighted by molar-refractivity contribution is 7.89. The third-order valence-electron chi connectivity index (χ3n) is 5.68. The molecule has 2 aromatic carbocycles. The van der Waals surface area contributed by atoms with E-state index in [1.54, 1.807) is 25.1 Å². The van der Waals surface area contributed by atoms with Crippen LogP contribution < -0.4 is 4.74 Å². The predicted octanol–water partition coefficient (Wildman–Crippen LogP) is 2.74. The summed E-state index contributed by atoms with van der Waals surface area (Å²) in [6.07, 6.45) is 2.66. The first kappa shape index (κ1) is 19.9. The summed E-state index contributed by atoms with van der Waals surface area (Å²) in [5, 5.41) is 0. The zero-order valence-corrected chi connectivity index (χ0v) is 17.5. The highest BCUT2D eigenvalue weighted by atomic mass is 32.2. The first-order valence-corrected chi connectivity index (χ1v) is 11.5. The van der Waals surface area contributed by atoms with E-state index in [2.05, 4.69) is 12.1 Å². The van der Waals surface area contributed by atoms with Gasteiger partial charge in [0.15, 0.2) is 6.61 Å². The summed E-state index contributed by atoms with van der Waals surface area (Å²) in [6.45, 7) is 4.19. The first-order chi connectivity index (χ1) is 13.9. The lowest BCUT2D eigenvalue weighted by atomic mass is 10.00. The van der Waals surface area contributed by atoms with Crippen molar-refractivity contribution < 1.29 is 17.9 Å². The monoisotopic (exact) mass is 414 g/mol. The lowest BCUT2D eigenvalue weighted by Gasteiger charge is -2.28. The largest absolute Gasteiger partial charge is 0.483 e. The van der Waals surface area contributed by atoms with Gasteiger partial charge in [-0.25, -0.2) is 8.42 Å². The fourth-order valence-corrected chi connectivity index (χ4v) is 5.56. The van der Waals surface area contributed by atoms with Crippen LogP contribution in [0.25, 0.3) is 0 Å². The summed E-state index contributed by atoms with van der Waals surface area (Å²) in [5.74, 6) is 0.476. The van der Waals surface area contributed by atoms with E-state index in [1.807, 2.05) is 17.0 Å². The molecular weight excluding hydrogens is 388 g/mol. The third-order valence-corrected chi connectivity index (χ3v) is 7.58. The lowest BCUT2D eigenvalue weighted by Crippen LogP contribution is -2.38. The van der Waals surface area contributed by atoms with Gasteiger partial charge in [0.2, 0.25) is 10.0 Å². The fourth-order valence-electron chi connectivity index (χ4n) is 3.96. The molecule has 1 amide bonds. The molecule has 154 valence electrons. The van der Waals surface area contributed by atoms with E-state index in [4.69, 9.17) is 4.74 Å². The molecule has 6 nitrogen and oxygen atoms in total. The normalized spacial score (nSPS) is 17.2. The van der Waals surface area contributed by atoms with E-state index in [0.29, 0.717) is 37.5 Å². The second-order valence-corrected chi connectivity index (χ2v) is 9.60. The van der Waals surface area contributed by atoms with E-state index in [0.717, 1.165) is 19.3 Å². The maximum atomic E-state index is 12.7. The van der Waals surface area contributed by atoms with Crippen LogP contribution in [0.4, 0.5) is 0 Å². The molecule has 0 N–H and O–H groups in total. The molecule has 0 spiro atoms. The van der Waals surface area contributed by atoms with E-state index in [9.17, 15) is 13.2 Å². The molecular formula is C22H26N2O4S. The number of carbonyl (C=O) groups excluding carboxylic acids is 1. The molecule has 7 heteroatoms. The maximum absolute atomic E-state index is 12.7. The minimum absolute atomic E-state index is 0.0543. The Bertz CT molecular complexity index is 1010. The van der Waals surface area contributed by atoms with Gasteiger partial charge in [-0.05, 0) is 61.1 Å². The molecule has 29 heavy (non-hydrogen) atoms. The van der Waals surface area contributed by atoms with Crippen LogP contribution in [0, 0.1) is 6.92 Å². The van der Waals surface area contributed by atoms with Crippen LogP contribution in [0.3, 0.4) is 0 Å². The molecule has 0 bridgehead atoms. The summed E-state index contributed by atoms with van der Waals surface area (Å²) in [6, 6.07) is 13.0. The number of carbonyl (C=O) groups is 1. The van der Waals surface area contributed by atoms with Crippen LogP contribution >= 0.6 is 0 Å². The number of nitrogens with zero attached hydrogens (tertiary/aromatic N) is 2. The Labute approximate surface area is 172 Å². The molecule has 1 saturated heterocycles. The maximum Gasteiger partial charge on any atom is 0.260 e. The second kappa shape index (κ2) is 8.16. The number of hydrogen-bond acceptors (Lipinski definition) is 4. The topological polar surface area (TPSA) is 66.9 Å². The average Bonchev–Trinajstić information content (AvgIpc) is 3.28. The number of rotatable bonds is 5. The van der Waals surface area contributed by atoms with Crippen LogP contribution in [0.15, 0.2) is 47.4 Å². The smallest absolute Gasteiger partial charge is 0.260 e. The molecule has 2 aliphatic rings. The summed E-state index contributed by atoms with van der Waals surface area (Å²) >= 11 is 0. The van der Waals surface area contributed by atoms with Crippen molar-refractivity contribution in [1.29, 1.82) is 0 Å². The standard InChI is InChI=1S/C22H26N2O4S/c1-17-14-20(29(26,27)24-11-4-5-12-24)8-9-21(17)28-16-22(25)23-13-10-18-6-2-3-7-19(18)15-23/h2-3,6-9,14H,4-5,10-13,15-16H2,1H3. The van der Waals surface area contributed by atoms with Crippen molar-refractivity contribution in [3.05, 3.63) is 59.2 Å². The molecule has 0 aromatic heterocycles. The van der Waals surface area contributed by atoms with Crippen LogP contribution in [-0.2, 0) is 27.8 Å². The average molecular weight is 415 g/mol. The third kappa shape index (κ3) is 4.16. The Morgan fingerprint density at radius 2 is 1.76 bits per heavy atom. The van der Waals surface area contributed by atoms with Gasteiger partial charge in [0.05, 0.1) is 4.90 Å². The Hall–Kier alpha value is -2.38. The number of fused-ring (bicyclic) bond motifs is 1. The number of benzene rings is 2. The van der Waals surface area contributed by atoms with Gasteiger partial charge >= 0.3 is 0 Å². The summed E-state index contributed by atoms with van der Waals surface area (Å²) in [5.41, 5.74) is 3.19. The van der Waals surface area contributed by atoms with Gasteiger partial charge in [-0.3, -0.25) is 4.79 Å².